The van der Waals surface area contributed by atoms with Crippen LogP contribution >= 0.6 is 24.0 Å². The van der Waals surface area contributed by atoms with E-state index in [2.05, 4.69) is 10.3 Å². The van der Waals surface area contributed by atoms with E-state index in [1.165, 1.54) is 17.0 Å². The first-order valence-electron chi connectivity index (χ1n) is 11.4. The molecule has 1 aliphatic heterocycles. The molecule has 0 radical (unpaired) electrons. The molecule has 0 atom stereocenters. The maximum absolute atomic E-state index is 13.0. The van der Waals surface area contributed by atoms with Crippen LogP contribution in [-0.2, 0) is 9.59 Å². The van der Waals surface area contributed by atoms with E-state index >= 15 is 0 Å². The number of aromatic nitrogens is 2. The van der Waals surface area contributed by atoms with Crippen molar-refractivity contribution in [1.29, 1.82) is 0 Å². The van der Waals surface area contributed by atoms with Crippen molar-refractivity contribution in [1.82, 2.24) is 14.9 Å². The van der Waals surface area contributed by atoms with E-state index in [1.54, 1.807) is 6.08 Å². The van der Waals surface area contributed by atoms with Gasteiger partial charge in [-0.05, 0) is 48.5 Å². The van der Waals surface area contributed by atoms with Crippen LogP contribution in [0.15, 0.2) is 71.8 Å². The molecule has 9 nitrogen and oxygen atoms in total. The van der Waals surface area contributed by atoms with E-state index in [4.69, 9.17) is 22.3 Å². The molecule has 4 aromatic rings. The van der Waals surface area contributed by atoms with E-state index in [-0.39, 0.29) is 30.1 Å². The van der Waals surface area contributed by atoms with Gasteiger partial charge in [-0.3, -0.25) is 14.5 Å². The van der Waals surface area contributed by atoms with Crippen LogP contribution in [0.3, 0.4) is 0 Å². The van der Waals surface area contributed by atoms with Crippen molar-refractivity contribution in [2.75, 3.05) is 11.9 Å². The molecule has 1 aliphatic rings. The van der Waals surface area contributed by atoms with Crippen molar-refractivity contribution in [3.63, 3.8) is 0 Å². The minimum absolute atomic E-state index is 0.0451. The monoisotopic (exact) mass is 544 g/mol. The summed E-state index contributed by atoms with van der Waals surface area (Å²) in [5.41, 5.74) is 3.35. The highest BCUT2D eigenvalue weighted by atomic mass is 32.2. The Morgan fingerprint density at radius 1 is 1.13 bits per heavy atom. The SMILES string of the molecule is O=C(CCN1C(=O)/C(=C/c2cccc(-c3ccc4[nH]ccc4c3)n2)SC1=S)Nc1ccc(C(=O)O)c(O)c1. The molecular formula is C27H20N4O5S2. The lowest BCUT2D eigenvalue weighted by atomic mass is 10.1. The first kappa shape index (κ1) is 25.2. The van der Waals surface area contributed by atoms with Gasteiger partial charge in [-0.1, -0.05) is 36.1 Å². The summed E-state index contributed by atoms with van der Waals surface area (Å²) in [4.78, 5) is 46.1. The molecule has 11 heteroatoms. The van der Waals surface area contributed by atoms with Crippen LogP contribution < -0.4 is 5.32 Å². The number of thiocarbonyl (C=S) groups is 1. The zero-order valence-electron chi connectivity index (χ0n) is 19.7. The largest absolute Gasteiger partial charge is 0.507 e. The number of carboxylic acid groups (broad SMARTS) is 1. The Hall–Kier alpha value is -4.48. The van der Waals surface area contributed by atoms with Gasteiger partial charge in [-0.25, -0.2) is 9.78 Å². The maximum atomic E-state index is 13.0. The summed E-state index contributed by atoms with van der Waals surface area (Å²) in [7, 11) is 0. The predicted octanol–water partition coefficient (Wildman–Crippen LogP) is 4.86. The van der Waals surface area contributed by atoms with Gasteiger partial charge in [0, 0.05) is 47.4 Å². The van der Waals surface area contributed by atoms with E-state index in [1.807, 2.05) is 48.7 Å². The van der Waals surface area contributed by atoms with E-state index in [0.717, 1.165) is 40.0 Å². The molecule has 2 aromatic carbocycles. The highest BCUT2D eigenvalue weighted by Crippen LogP contribution is 2.33. The summed E-state index contributed by atoms with van der Waals surface area (Å²) in [6, 6.07) is 17.3. The number of aromatic amines is 1. The van der Waals surface area contributed by atoms with Crippen molar-refractivity contribution >= 4 is 68.8 Å². The van der Waals surface area contributed by atoms with Gasteiger partial charge >= 0.3 is 5.97 Å². The minimum atomic E-state index is -1.28. The lowest BCUT2D eigenvalue weighted by Gasteiger charge is -2.14. The molecule has 4 N–H and O–H groups in total. The number of benzene rings is 2. The summed E-state index contributed by atoms with van der Waals surface area (Å²) >= 11 is 6.52. The number of carboxylic acids is 1. The first-order chi connectivity index (χ1) is 18.3. The van der Waals surface area contributed by atoms with Crippen LogP contribution in [0, 0.1) is 0 Å². The number of aromatic carboxylic acids is 1. The number of nitrogens with zero attached hydrogens (tertiary/aromatic N) is 2. The van der Waals surface area contributed by atoms with Crippen molar-refractivity contribution in [2.45, 2.75) is 6.42 Å². The first-order valence-corrected chi connectivity index (χ1v) is 12.7. The molecule has 1 fully saturated rings. The van der Waals surface area contributed by atoms with Crippen molar-refractivity contribution < 1.29 is 24.6 Å². The molecule has 0 unspecified atom stereocenters. The number of anilines is 1. The number of aromatic hydroxyl groups is 1. The van der Waals surface area contributed by atoms with Crippen molar-refractivity contribution in [2.24, 2.45) is 0 Å². The zero-order valence-corrected chi connectivity index (χ0v) is 21.3. The Morgan fingerprint density at radius 2 is 1.97 bits per heavy atom. The predicted molar refractivity (Wildman–Crippen MR) is 150 cm³/mol. The number of thioether (sulfide) groups is 1. The lowest BCUT2D eigenvalue weighted by Crippen LogP contribution is -2.31. The number of carbonyl (C=O) groups excluding carboxylic acids is 2. The highest BCUT2D eigenvalue weighted by molar-refractivity contribution is 8.26. The average molecular weight is 545 g/mol. The fraction of sp³-hybridized carbons (Fsp3) is 0.0741. The maximum Gasteiger partial charge on any atom is 0.339 e. The number of carbonyl (C=O) groups is 3. The number of rotatable bonds is 7. The summed E-state index contributed by atoms with van der Waals surface area (Å²) in [6.45, 7) is 0.0666. The molecule has 190 valence electrons. The molecule has 1 saturated heterocycles. The molecule has 38 heavy (non-hydrogen) atoms. The highest BCUT2D eigenvalue weighted by Gasteiger charge is 2.32. The van der Waals surface area contributed by atoms with E-state index in [0.29, 0.717) is 14.9 Å². The molecule has 0 aliphatic carbocycles. The lowest BCUT2D eigenvalue weighted by molar-refractivity contribution is -0.122. The third kappa shape index (κ3) is 5.29. The van der Waals surface area contributed by atoms with Gasteiger partial charge in [-0.15, -0.1) is 0 Å². The molecule has 0 spiro atoms. The standard InChI is InChI=1S/C27H20N4O5S2/c32-22-13-18(5-6-19(22)26(35)36)30-24(33)9-11-31-25(34)23(38-27(31)37)14-17-2-1-3-21(29-17)15-4-7-20-16(12-15)8-10-28-20/h1-8,10,12-14,28,32H,9,11H2,(H,30,33)(H,35,36)/b23-14-. The Bertz CT molecular complexity index is 1650. The summed E-state index contributed by atoms with van der Waals surface area (Å²) in [5.74, 6) is -2.46. The number of H-pyrrole nitrogens is 1. The van der Waals surface area contributed by atoms with Gasteiger partial charge in [0.2, 0.25) is 5.91 Å². The summed E-state index contributed by atoms with van der Waals surface area (Å²) in [5, 5.41) is 22.4. The number of fused-ring (bicyclic) bond motifs is 1. The number of nitrogens with one attached hydrogen (secondary N) is 2. The van der Waals surface area contributed by atoms with Crippen LogP contribution in [-0.4, -0.2) is 53.7 Å². The van der Waals surface area contributed by atoms with Gasteiger partial charge < -0.3 is 20.5 Å². The minimum Gasteiger partial charge on any atom is -0.507 e. The molecule has 2 amide bonds. The Morgan fingerprint density at radius 3 is 2.76 bits per heavy atom. The molecule has 0 saturated carbocycles. The number of phenols is 1. The smallest absolute Gasteiger partial charge is 0.339 e. The summed E-state index contributed by atoms with van der Waals surface area (Å²) < 4.78 is 0.339. The van der Waals surface area contributed by atoms with Gasteiger partial charge in [-0.2, -0.15) is 0 Å². The van der Waals surface area contributed by atoms with Gasteiger partial charge in [0.1, 0.15) is 15.6 Å². The third-order valence-corrected chi connectivity index (χ3v) is 7.22. The van der Waals surface area contributed by atoms with Crippen LogP contribution in [0.25, 0.3) is 28.2 Å². The number of amides is 2. The fourth-order valence-electron chi connectivity index (χ4n) is 3.96. The Kier molecular flexibility index (Phi) is 6.95. The topological polar surface area (TPSA) is 136 Å². The fourth-order valence-corrected chi connectivity index (χ4v) is 5.25. The summed E-state index contributed by atoms with van der Waals surface area (Å²) in [6.07, 6.45) is 3.52. The number of hydrogen-bond acceptors (Lipinski definition) is 7. The second kappa shape index (κ2) is 10.5. The quantitative estimate of drug-likeness (QED) is 0.191. The van der Waals surface area contributed by atoms with E-state index in [9.17, 15) is 19.5 Å². The van der Waals surface area contributed by atoms with E-state index < -0.39 is 17.6 Å². The normalized spacial score (nSPS) is 14.4. The van der Waals surface area contributed by atoms with Crippen molar-refractivity contribution in [3.8, 4) is 17.0 Å². The zero-order chi connectivity index (χ0) is 26.8. The second-order valence-corrected chi connectivity index (χ2v) is 10.1. The Labute approximate surface area is 226 Å². The van der Waals surface area contributed by atoms with Crippen LogP contribution in [0.1, 0.15) is 22.5 Å². The van der Waals surface area contributed by atoms with Gasteiger partial charge in [0.05, 0.1) is 16.3 Å². The van der Waals surface area contributed by atoms with Crippen molar-refractivity contribution in [3.05, 3.63) is 83.0 Å². The van der Waals surface area contributed by atoms with Gasteiger partial charge in [0.25, 0.3) is 5.91 Å². The van der Waals surface area contributed by atoms with Crippen LogP contribution in [0.4, 0.5) is 5.69 Å². The number of hydrogen-bond donors (Lipinski definition) is 4. The van der Waals surface area contributed by atoms with Crippen LogP contribution in [0.2, 0.25) is 0 Å². The molecule has 3 heterocycles. The third-order valence-electron chi connectivity index (χ3n) is 5.85. The molecule has 5 rings (SSSR count). The molecule has 2 aromatic heterocycles. The van der Waals surface area contributed by atoms with Crippen LogP contribution in [0.5, 0.6) is 5.75 Å². The Balaban J connectivity index is 1.24. The average Bonchev–Trinajstić information content (AvgIpc) is 3.46. The second-order valence-electron chi connectivity index (χ2n) is 8.40. The molecule has 0 bridgehead atoms. The molecular weight excluding hydrogens is 524 g/mol. The van der Waals surface area contributed by atoms with Gasteiger partial charge in [0.15, 0.2) is 0 Å². The number of pyridine rings is 1.